The molecular formula is C21H15BrN2O4. The van der Waals surface area contributed by atoms with Gasteiger partial charge in [-0.25, -0.2) is 9.59 Å². The first-order chi connectivity index (χ1) is 13.6. The highest BCUT2D eigenvalue weighted by Gasteiger charge is 2.11. The zero-order valence-corrected chi connectivity index (χ0v) is 16.3. The summed E-state index contributed by atoms with van der Waals surface area (Å²) in [6.45, 7) is 0.612. The molecule has 7 heteroatoms. The molecule has 0 amide bonds. The van der Waals surface area contributed by atoms with Crippen LogP contribution in [0.15, 0.2) is 80.7 Å². The van der Waals surface area contributed by atoms with Gasteiger partial charge in [0.2, 0.25) is 0 Å². The van der Waals surface area contributed by atoms with E-state index in [1.807, 2.05) is 36.5 Å². The Morgan fingerprint density at radius 3 is 2.71 bits per heavy atom. The van der Waals surface area contributed by atoms with E-state index in [0.717, 1.165) is 15.4 Å². The Labute approximate surface area is 168 Å². The van der Waals surface area contributed by atoms with Gasteiger partial charge in [0.1, 0.15) is 12.2 Å². The van der Waals surface area contributed by atoms with Gasteiger partial charge in [-0.1, -0.05) is 28.1 Å². The van der Waals surface area contributed by atoms with Crippen LogP contribution in [0.5, 0.6) is 0 Å². The lowest BCUT2D eigenvalue weighted by Crippen LogP contribution is -2.08. The number of nitrogens with zero attached hydrogens (tertiary/aromatic N) is 2. The summed E-state index contributed by atoms with van der Waals surface area (Å²) in [5.41, 5.74) is 2.02. The Kier molecular flexibility index (Phi) is 5.08. The monoisotopic (exact) mass is 438 g/mol. The topological polar surface area (TPSA) is 74.3 Å². The van der Waals surface area contributed by atoms with Crippen molar-refractivity contribution in [3.05, 3.63) is 98.6 Å². The molecule has 4 rings (SSSR count). The molecule has 0 saturated heterocycles. The van der Waals surface area contributed by atoms with Crippen LogP contribution in [0.3, 0.4) is 0 Å². The minimum absolute atomic E-state index is 0.0163. The van der Waals surface area contributed by atoms with Crippen LogP contribution in [0, 0.1) is 0 Å². The molecule has 4 aromatic rings. The van der Waals surface area contributed by atoms with Crippen molar-refractivity contribution in [1.82, 2.24) is 9.78 Å². The lowest BCUT2D eigenvalue weighted by Gasteiger charge is -2.08. The number of rotatable bonds is 5. The summed E-state index contributed by atoms with van der Waals surface area (Å²) < 4.78 is 13.2. The molecular weight excluding hydrogens is 424 g/mol. The van der Waals surface area contributed by atoms with E-state index in [-0.39, 0.29) is 6.61 Å². The van der Waals surface area contributed by atoms with E-state index in [0.29, 0.717) is 23.3 Å². The second-order valence-corrected chi connectivity index (χ2v) is 7.12. The normalized spacial score (nSPS) is 10.9. The predicted octanol–water partition coefficient (Wildman–Crippen LogP) is 4.16. The number of benzene rings is 2. The highest BCUT2D eigenvalue weighted by atomic mass is 79.9. The minimum Gasteiger partial charge on any atom is -0.457 e. The maximum atomic E-state index is 12.4. The molecule has 28 heavy (non-hydrogen) atoms. The zero-order chi connectivity index (χ0) is 19.5. The van der Waals surface area contributed by atoms with Crippen LogP contribution in [0.1, 0.15) is 21.5 Å². The van der Waals surface area contributed by atoms with Crippen molar-refractivity contribution in [1.29, 1.82) is 0 Å². The van der Waals surface area contributed by atoms with Crippen LogP contribution in [0.4, 0.5) is 0 Å². The van der Waals surface area contributed by atoms with Crippen LogP contribution in [0.25, 0.3) is 11.0 Å². The molecule has 0 spiro atoms. The van der Waals surface area contributed by atoms with E-state index < -0.39 is 11.6 Å². The molecule has 140 valence electrons. The third-order valence-corrected chi connectivity index (χ3v) is 4.74. The maximum Gasteiger partial charge on any atom is 0.338 e. The van der Waals surface area contributed by atoms with Crippen molar-refractivity contribution in [3.8, 4) is 0 Å². The summed E-state index contributed by atoms with van der Waals surface area (Å²) in [6, 6.07) is 15.7. The molecule has 0 aliphatic heterocycles. The van der Waals surface area contributed by atoms with E-state index >= 15 is 0 Å². The molecule has 0 N–H and O–H groups in total. The van der Waals surface area contributed by atoms with Crippen molar-refractivity contribution >= 4 is 32.9 Å². The molecule has 0 atom stereocenters. The molecule has 2 aromatic heterocycles. The number of fused-ring (bicyclic) bond motifs is 1. The third kappa shape index (κ3) is 4.04. The molecule has 2 heterocycles. The van der Waals surface area contributed by atoms with Gasteiger partial charge in [-0.05, 0) is 42.0 Å². The van der Waals surface area contributed by atoms with E-state index in [1.54, 1.807) is 29.1 Å². The maximum absolute atomic E-state index is 12.4. The molecule has 0 bridgehead atoms. The summed E-state index contributed by atoms with van der Waals surface area (Å²) in [5.74, 6) is -0.454. The minimum atomic E-state index is -0.486. The van der Waals surface area contributed by atoms with Crippen LogP contribution < -0.4 is 5.63 Å². The Morgan fingerprint density at radius 2 is 1.96 bits per heavy atom. The number of esters is 1. The highest BCUT2D eigenvalue weighted by Crippen LogP contribution is 2.22. The number of hydrogen-bond acceptors (Lipinski definition) is 5. The molecule has 0 unspecified atom stereocenters. The van der Waals surface area contributed by atoms with E-state index in [4.69, 9.17) is 9.15 Å². The summed E-state index contributed by atoms with van der Waals surface area (Å²) in [5, 5.41) is 4.89. The summed E-state index contributed by atoms with van der Waals surface area (Å²) in [6.07, 6.45) is 3.60. The van der Waals surface area contributed by atoms with Crippen molar-refractivity contribution in [3.63, 3.8) is 0 Å². The third-order valence-electron chi connectivity index (χ3n) is 4.24. The van der Waals surface area contributed by atoms with Crippen LogP contribution in [0.2, 0.25) is 0 Å². The number of ether oxygens (including phenoxy) is 1. The first-order valence-electron chi connectivity index (χ1n) is 8.54. The van der Waals surface area contributed by atoms with Gasteiger partial charge in [0, 0.05) is 33.9 Å². The molecule has 0 fully saturated rings. The van der Waals surface area contributed by atoms with Gasteiger partial charge >= 0.3 is 11.6 Å². The van der Waals surface area contributed by atoms with Gasteiger partial charge < -0.3 is 9.15 Å². The summed E-state index contributed by atoms with van der Waals surface area (Å²) in [4.78, 5) is 24.1. The van der Waals surface area contributed by atoms with Crippen molar-refractivity contribution in [2.24, 2.45) is 0 Å². The van der Waals surface area contributed by atoms with Crippen LogP contribution >= 0.6 is 15.9 Å². The average molecular weight is 439 g/mol. The van der Waals surface area contributed by atoms with Gasteiger partial charge in [0.05, 0.1) is 12.1 Å². The SMILES string of the molecule is O=C(OCc1cc(=O)oc2cc(Br)ccc12)c1ccc(Cn2cccn2)cc1. The first-order valence-corrected chi connectivity index (χ1v) is 9.33. The van der Waals surface area contributed by atoms with Gasteiger partial charge in [-0.3, -0.25) is 4.68 Å². The quantitative estimate of drug-likeness (QED) is 0.345. The largest absolute Gasteiger partial charge is 0.457 e. The Bertz CT molecular complexity index is 1180. The van der Waals surface area contributed by atoms with Gasteiger partial charge in [-0.15, -0.1) is 0 Å². The first kappa shape index (κ1) is 18.2. The number of aromatic nitrogens is 2. The van der Waals surface area contributed by atoms with E-state index in [2.05, 4.69) is 21.0 Å². The predicted molar refractivity (Wildman–Crippen MR) is 107 cm³/mol. The van der Waals surface area contributed by atoms with Crippen LogP contribution in [-0.2, 0) is 17.9 Å². The number of halogens is 1. The second kappa shape index (κ2) is 7.82. The lowest BCUT2D eigenvalue weighted by molar-refractivity contribution is 0.0474. The molecule has 6 nitrogen and oxygen atoms in total. The standard InChI is InChI=1S/C21H15BrN2O4/c22-17-6-7-18-16(10-20(25)28-19(18)11-17)13-27-21(26)15-4-2-14(3-5-15)12-24-9-1-8-23-24/h1-11H,12-13H2. The average Bonchev–Trinajstić information content (AvgIpc) is 3.19. The Morgan fingerprint density at radius 1 is 1.14 bits per heavy atom. The fraction of sp³-hybridized carbons (Fsp3) is 0.0952. The molecule has 2 aromatic carbocycles. The van der Waals surface area contributed by atoms with E-state index in [9.17, 15) is 9.59 Å². The molecule has 0 aliphatic carbocycles. The fourth-order valence-corrected chi connectivity index (χ4v) is 3.22. The number of carbonyl (C=O) groups is 1. The number of carbonyl (C=O) groups excluding carboxylic acids is 1. The number of hydrogen-bond donors (Lipinski definition) is 0. The van der Waals surface area contributed by atoms with Crippen LogP contribution in [-0.4, -0.2) is 15.7 Å². The van der Waals surface area contributed by atoms with Crippen molar-refractivity contribution in [2.75, 3.05) is 0 Å². The summed E-state index contributed by atoms with van der Waals surface area (Å²) in [7, 11) is 0. The smallest absolute Gasteiger partial charge is 0.338 e. The highest BCUT2D eigenvalue weighted by molar-refractivity contribution is 9.10. The Hall–Kier alpha value is -3.19. The zero-order valence-electron chi connectivity index (χ0n) is 14.7. The van der Waals surface area contributed by atoms with E-state index in [1.165, 1.54) is 6.07 Å². The molecule has 0 saturated carbocycles. The summed E-state index contributed by atoms with van der Waals surface area (Å²) >= 11 is 3.35. The lowest BCUT2D eigenvalue weighted by atomic mass is 10.1. The van der Waals surface area contributed by atoms with Gasteiger partial charge in [0.25, 0.3) is 0 Å². The fourth-order valence-electron chi connectivity index (χ4n) is 2.88. The van der Waals surface area contributed by atoms with Gasteiger partial charge in [0.15, 0.2) is 0 Å². The molecule has 0 radical (unpaired) electrons. The second-order valence-electron chi connectivity index (χ2n) is 6.21. The Balaban J connectivity index is 1.47. The van der Waals surface area contributed by atoms with Gasteiger partial charge in [-0.2, -0.15) is 5.10 Å². The molecule has 0 aliphatic rings. The van der Waals surface area contributed by atoms with Crippen molar-refractivity contribution < 1.29 is 13.9 Å². The van der Waals surface area contributed by atoms with Crippen molar-refractivity contribution in [2.45, 2.75) is 13.2 Å².